The molecule has 8 rings (SSSR count). The van der Waals surface area contributed by atoms with E-state index in [-0.39, 0.29) is 0 Å². The van der Waals surface area contributed by atoms with Crippen LogP contribution in [0.4, 0.5) is 0 Å². The molecule has 0 spiro atoms. The number of hydrogen-bond donors (Lipinski definition) is 0. The van der Waals surface area contributed by atoms with Crippen LogP contribution >= 0.6 is 0 Å². The van der Waals surface area contributed by atoms with Gasteiger partial charge in [0.2, 0.25) is 0 Å². The van der Waals surface area contributed by atoms with Crippen LogP contribution in [0.1, 0.15) is 35.4 Å². The molecule has 2 heterocycles. The van der Waals surface area contributed by atoms with Gasteiger partial charge in [-0.05, 0) is 65.3 Å². The highest BCUT2D eigenvalue weighted by Gasteiger charge is 2.20. The molecule has 3 nitrogen and oxygen atoms in total. The van der Waals surface area contributed by atoms with E-state index in [1.807, 2.05) is 30.3 Å². The van der Waals surface area contributed by atoms with Crippen molar-refractivity contribution in [2.75, 3.05) is 0 Å². The maximum atomic E-state index is 6.46. The van der Waals surface area contributed by atoms with Crippen molar-refractivity contribution < 1.29 is 4.42 Å². The number of allylic oxidation sites excluding steroid dienone is 4. The van der Waals surface area contributed by atoms with Crippen LogP contribution in [0.15, 0.2) is 163 Å². The molecular formula is C45H34N2O. The molecule has 48 heavy (non-hydrogen) atoms. The highest BCUT2D eigenvalue weighted by atomic mass is 16.3. The van der Waals surface area contributed by atoms with Crippen LogP contribution in [-0.2, 0) is 0 Å². The molecule has 0 saturated carbocycles. The van der Waals surface area contributed by atoms with E-state index in [1.54, 1.807) is 0 Å². The number of hydrogen-bond acceptors (Lipinski definition) is 3. The third-order valence-corrected chi connectivity index (χ3v) is 9.08. The largest absolute Gasteiger partial charge is 0.455 e. The number of furan rings is 1. The van der Waals surface area contributed by atoms with Gasteiger partial charge >= 0.3 is 0 Å². The van der Waals surface area contributed by atoms with Crippen LogP contribution < -0.4 is 0 Å². The van der Waals surface area contributed by atoms with Crippen molar-refractivity contribution in [2.24, 2.45) is 0 Å². The molecule has 0 fully saturated rings. The molecule has 0 amide bonds. The topological polar surface area (TPSA) is 38.9 Å². The lowest BCUT2D eigenvalue weighted by Crippen LogP contribution is -1.98. The second kappa shape index (κ2) is 12.6. The first-order valence-corrected chi connectivity index (χ1v) is 16.4. The van der Waals surface area contributed by atoms with Gasteiger partial charge in [-0.1, -0.05) is 146 Å². The van der Waals surface area contributed by atoms with Gasteiger partial charge < -0.3 is 4.42 Å². The fraction of sp³-hybridized carbons (Fsp3) is 0.0667. The first-order valence-electron chi connectivity index (χ1n) is 16.4. The summed E-state index contributed by atoms with van der Waals surface area (Å²) in [5, 5.41) is 1.09. The molecule has 0 N–H and O–H groups in total. The molecule has 3 heteroatoms. The van der Waals surface area contributed by atoms with Gasteiger partial charge in [0, 0.05) is 27.6 Å². The number of fused-ring (bicyclic) bond motifs is 1. The molecule has 5 aromatic carbocycles. The molecule has 7 aromatic rings. The maximum Gasteiger partial charge on any atom is 0.160 e. The standard InChI is InChI=1S/C45H34N2O/c1-30-13-9-10-18-38(30)43-39-19-11-12-20-42(39)48-44(43)31(2)32-21-23-33(24-22-32)34-25-27-37(28-26-34)45-46-40(35-14-5-3-6-15-35)29-41(47-45)36-16-7-4-8-17-36/h3,5-7,9-29H,2,4,8H2,1H3. The number of aryl methyl sites for hydroxylation is 1. The van der Waals surface area contributed by atoms with E-state index >= 15 is 0 Å². The summed E-state index contributed by atoms with van der Waals surface area (Å²) in [5.41, 5.74) is 13.5. The third-order valence-electron chi connectivity index (χ3n) is 9.08. The summed E-state index contributed by atoms with van der Waals surface area (Å²) >= 11 is 0. The van der Waals surface area contributed by atoms with E-state index in [1.165, 1.54) is 5.56 Å². The van der Waals surface area contributed by atoms with E-state index in [4.69, 9.17) is 14.4 Å². The molecule has 2 aromatic heterocycles. The molecule has 0 atom stereocenters. The normalized spacial score (nSPS) is 12.6. The Morgan fingerprint density at radius 3 is 2.06 bits per heavy atom. The van der Waals surface area contributed by atoms with Gasteiger partial charge in [-0.3, -0.25) is 0 Å². The quantitative estimate of drug-likeness (QED) is 0.178. The van der Waals surface area contributed by atoms with E-state index in [0.29, 0.717) is 0 Å². The van der Waals surface area contributed by atoms with Gasteiger partial charge in [-0.25, -0.2) is 9.97 Å². The Hall–Kier alpha value is -6.06. The van der Waals surface area contributed by atoms with E-state index in [9.17, 15) is 0 Å². The first kappa shape index (κ1) is 29.3. The van der Waals surface area contributed by atoms with Crippen LogP contribution in [0.25, 0.3) is 67.0 Å². The Morgan fingerprint density at radius 2 is 1.31 bits per heavy atom. The molecule has 0 saturated heterocycles. The minimum absolute atomic E-state index is 0.722. The highest BCUT2D eigenvalue weighted by molar-refractivity contribution is 6.02. The maximum absolute atomic E-state index is 6.46. The summed E-state index contributed by atoms with van der Waals surface area (Å²) < 4.78 is 6.46. The zero-order chi connectivity index (χ0) is 32.5. The summed E-state index contributed by atoms with van der Waals surface area (Å²) in [6.07, 6.45) is 8.74. The van der Waals surface area contributed by atoms with Gasteiger partial charge in [0.25, 0.3) is 0 Å². The van der Waals surface area contributed by atoms with Gasteiger partial charge in [0.15, 0.2) is 5.82 Å². The molecule has 1 aliphatic carbocycles. The fourth-order valence-electron chi connectivity index (χ4n) is 6.47. The zero-order valence-electron chi connectivity index (χ0n) is 26.9. The van der Waals surface area contributed by atoms with E-state index < -0.39 is 0 Å². The molecule has 1 aliphatic rings. The summed E-state index contributed by atoms with van der Waals surface area (Å²) in [7, 11) is 0. The highest BCUT2D eigenvalue weighted by Crippen LogP contribution is 2.41. The van der Waals surface area contributed by atoms with Crippen molar-refractivity contribution in [3.8, 4) is 44.9 Å². The van der Waals surface area contributed by atoms with Gasteiger partial charge in [-0.15, -0.1) is 0 Å². The predicted molar refractivity (Wildman–Crippen MR) is 199 cm³/mol. The Morgan fingerprint density at radius 1 is 0.646 bits per heavy atom. The SMILES string of the molecule is C=C(c1ccc(-c2ccc(-c3nc(C4=CCCC=C4)cc(-c4ccccc4)n3)cc2)cc1)c1oc2ccccc2c1-c1ccccc1C. The Kier molecular flexibility index (Phi) is 7.72. The number of benzene rings is 5. The minimum Gasteiger partial charge on any atom is -0.455 e. The lowest BCUT2D eigenvalue weighted by molar-refractivity contribution is 0.602. The van der Waals surface area contributed by atoms with E-state index in [0.717, 1.165) is 96.9 Å². The fourth-order valence-corrected chi connectivity index (χ4v) is 6.47. The first-order chi connectivity index (χ1) is 23.6. The van der Waals surface area contributed by atoms with Crippen LogP contribution in [0.5, 0.6) is 0 Å². The molecule has 0 radical (unpaired) electrons. The van der Waals surface area contributed by atoms with Crippen molar-refractivity contribution in [3.05, 3.63) is 181 Å². The summed E-state index contributed by atoms with van der Waals surface area (Å²) in [6, 6.07) is 46.2. The van der Waals surface area contributed by atoms with Crippen molar-refractivity contribution >= 4 is 22.1 Å². The molecule has 0 bridgehead atoms. The number of para-hydroxylation sites is 1. The van der Waals surface area contributed by atoms with Crippen LogP contribution in [-0.4, -0.2) is 9.97 Å². The predicted octanol–water partition coefficient (Wildman–Crippen LogP) is 12.0. The minimum atomic E-state index is 0.722. The van der Waals surface area contributed by atoms with Crippen molar-refractivity contribution in [2.45, 2.75) is 19.8 Å². The molecule has 0 unspecified atom stereocenters. The average Bonchev–Trinajstić information content (AvgIpc) is 3.55. The van der Waals surface area contributed by atoms with Gasteiger partial charge in [0.05, 0.1) is 11.4 Å². The van der Waals surface area contributed by atoms with Gasteiger partial charge in [0.1, 0.15) is 11.3 Å². The number of aromatic nitrogens is 2. The van der Waals surface area contributed by atoms with Crippen LogP contribution in [0, 0.1) is 6.92 Å². The van der Waals surface area contributed by atoms with Crippen molar-refractivity contribution in [1.29, 1.82) is 0 Å². The Labute approximate surface area is 281 Å². The third kappa shape index (κ3) is 5.61. The smallest absolute Gasteiger partial charge is 0.160 e. The van der Waals surface area contributed by atoms with Crippen molar-refractivity contribution in [1.82, 2.24) is 9.97 Å². The summed E-state index contributed by atoms with van der Waals surface area (Å²) in [4.78, 5) is 10.0. The van der Waals surface area contributed by atoms with Crippen LogP contribution in [0.2, 0.25) is 0 Å². The molecule has 230 valence electrons. The van der Waals surface area contributed by atoms with Crippen LogP contribution in [0.3, 0.4) is 0 Å². The van der Waals surface area contributed by atoms with Gasteiger partial charge in [-0.2, -0.15) is 0 Å². The second-order valence-corrected chi connectivity index (χ2v) is 12.2. The monoisotopic (exact) mass is 618 g/mol. The number of rotatable bonds is 7. The lowest BCUT2D eigenvalue weighted by atomic mass is 9.93. The lowest BCUT2D eigenvalue weighted by Gasteiger charge is -2.12. The average molecular weight is 619 g/mol. The second-order valence-electron chi connectivity index (χ2n) is 12.2. The summed E-state index contributed by atoms with van der Waals surface area (Å²) in [5.74, 6) is 1.53. The summed E-state index contributed by atoms with van der Waals surface area (Å²) in [6.45, 7) is 6.65. The molecule has 0 aliphatic heterocycles. The Balaban J connectivity index is 1.10. The van der Waals surface area contributed by atoms with Crippen molar-refractivity contribution in [3.63, 3.8) is 0 Å². The number of nitrogens with zero attached hydrogens (tertiary/aromatic N) is 2. The zero-order valence-corrected chi connectivity index (χ0v) is 26.9. The molecular weight excluding hydrogens is 585 g/mol. The Bertz CT molecular complexity index is 2340. The van der Waals surface area contributed by atoms with E-state index in [2.05, 4.69) is 135 Å².